The highest BCUT2D eigenvalue weighted by Crippen LogP contribution is 2.51. The monoisotopic (exact) mass is 617 g/mol. The largest absolute Gasteiger partial charge is 0.460 e. The van der Waals surface area contributed by atoms with Gasteiger partial charge in [-0.2, -0.15) is 0 Å². The molecule has 5 heteroatoms. The number of furan rings is 2. The second-order valence-electron chi connectivity index (χ2n) is 12.3. The maximum absolute atomic E-state index is 6.79. The molecule has 2 atom stereocenters. The van der Waals surface area contributed by atoms with Crippen molar-refractivity contribution in [2.24, 2.45) is 5.92 Å². The molecule has 3 aromatic heterocycles. The number of benzene rings is 5. The van der Waals surface area contributed by atoms with E-state index in [1.54, 1.807) is 0 Å². The second kappa shape index (κ2) is 10.6. The first-order chi connectivity index (χ1) is 23.8. The maximum Gasteiger partial charge on any atom is 0.164 e. The highest BCUT2D eigenvalue weighted by Gasteiger charge is 2.35. The van der Waals surface area contributed by atoms with Crippen molar-refractivity contribution in [3.05, 3.63) is 163 Å². The third-order valence-electron chi connectivity index (χ3n) is 9.54. The molecule has 5 aromatic carbocycles. The first-order valence-electron chi connectivity index (χ1n) is 16.2. The lowest BCUT2D eigenvalue weighted by atomic mass is 9.73. The van der Waals surface area contributed by atoms with Gasteiger partial charge in [-0.25, -0.2) is 15.0 Å². The zero-order valence-electron chi connectivity index (χ0n) is 25.7. The van der Waals surface area contributed by atoms with E-state index in [4.69, 9.17) is 23.8 Å². The van der Waals surface area contributed by atoms with Crippen molar-refractivity contribution in [3.63, 3.8) is 0 Å². The molecule has 0 N–H and O–H groups in total. The fourth-order valence-corrected chi connectivity index (χ4v) is 7.32. The van der Waals surface area contributed by atoms with Crippen LogP contribution in [0.5, 0.6) is 0 Å². The number of allylic oxidation sites excluding steroid dienone is 5. The minimum Gasteiger partial charge on any atom is -0.460 e. The van der Waals surface area contributed by atoms with Crippen LogP contribution in [-0.2, 0) is 0 Å². The van der Waals surface area contributed by atoms with Crippen LogP contribution in [0, 0.1) is 5.92 Å². The number of fused-ring (bicyclic) bond motifs is 8. The van der Waals surface area contributed by atoms with Gasteiger partial charge in [0.25, 0.3) is 0 Å². The zero-order valence-corrected chi connectivity index (χ0v) is 25.7. The molecule has 0 fully saturated rings. The van der Waals surface area contributed by atoms with E-state index >= 15 is 0 Å². The van der Waals surface area contributed by atoms with Crippen molar-refractivity contribution < 1.29 is 8.83 Å². The molecule has 0 bridgehead atoms. The molecule has 0 radical (unpaired) electrons. The Kier molecular flexibility index (Phi) is 5.93. The number of hydrogen-bond donors (Lipinski definition) is 0. The molecular formula is C43H27N3O2. The standard InChI is InChI=1S/C43H27N3O2/c1-3-13-26(14-4-1)41-44-42(27-15-5-2-6-16-27)46-43(45-41)33-24-23-31(40-38(33)32-20-10-12-22-37(32)48-40)34-25-35-29-18-9-11-21-36(29)47-39(35)30-19-8-7-17-28(30)34/h1-25,28,30H. The van der Waals surface area contributed by atoms with Gasteiger partial charge in [-0.3, -0.25) is 0 Å². The molecule has 3 heterocycles. The predicted octanol–water partition coefficient (Wildman–Crippen LogP) is 10.9. The summed E-state index contributed by atoms with van der Waals surface area (Å²) in [4.78, 5) is 15.1. The smallest absolute Gasteiger partial charge is 0.164 e. The molecule has 2 aliphatic rings. The first kappa shape index (κ1) is 26.8. The lowest BCUT2D eigenvalue weighted by molar-refractivity contribution is 0.496. The summed E-state index contributed by atoms with van der Waals surface area (Å²) >= 11 is 0. The minimum atomic E-state index is 0.0851. The van der Waals surface area contributed by atoms with Crippen LogP contribution in [0.4, 0.5) is 0 Å². The third-order valence-corrected chi connectivity index (χ3v) is 9.54. The summed E-state index contributed by atoms with van der Waals surface area (Å²) in [5.74, 6) is 3.04. The fraction of sp³-hybridized carbons (Fsp3) is 0.0465. The molecule has 0 aliphatic heterocycles. The summed E-state index contributed by atoms with van der Waals surface area (Å²) < 4.78 is 13.3. The number of aromatic nitrogens is 3. The van der Waals surface area contributed by atoms with Gasteiger partial charge in [0.1, 0.15) is 22.5 Å². The molecule has 0 amide bonds. The summed E-state index contributed by atoms with van der Waals surface area (Å²) in [6.07, 6.45) is 11.1. The number of para-hydroxylation sites is 2. The van der Waals surface area contributed by atoms with E-state index in [0.717, 1.165) is 66.5 Å². The first-order valence-corrected chi connectivity index (χ1v) is 16.2. The van der Waals surface area contributed by atoms with E-state index in [-0.39, 0.29) is 11.8 Å². The Morgan fingerprint density at radius 1 is 0.479 bits per heavy atom. The molecule has 0 saturated carbocycles. The highest BCUT2D eigenvalue weighted by molar-refractivity contribution is 6.16. The van der Waals surface area contributed by atoms with Gasteiger partial charge in [0.05, 0.1) is 0 Å². The SMILES string of the molecule is C1=CC2C(c3ccc(-c4nc(-c5ccccc5)nc(-c5ccccc5)n4)c4c3oc3ccccc34)=Cc3c(oc4ccccc34)C2C=C1. The molecule has 5 nitrogen and oxygen atoms in total. The fourth-order valence-electron chi connectivity index (χ4n) is 7.32. The van der Waals surface area contributed by atoms with E-state index in [9.17, 15) is 0 Å². The summed E-state index contributed by atoms with van der Waals surface area (Å²) in [5.41, 5.74) is 8.69. The average molecular weight is 618 g/mol. The molecule has 10 rings (SSSR count). The van der Waals surface area contributed by atoms with Crippen LogP contribution < -0.4 is 0 Å². The van der Waals surface area contributed by atoms with E-state index in [1.807, 2.05) is 84.9 Å². The van der Waals surface area contributed by atoms with Crippen LogP contribution >= 0.6 is 0 Å². The van der Waals surface area contributed by atoms with Crippen molar-refractivity contribution in [1.29, 1.82) is 0 Å². The lowest BCUT2D eigenvalue weighted by Crippen LogP contribution is -2.17. The Hall–Kier alpha value is -6.33. The van der Waals surface area contributed by atoms with Crippen molar-refractivity contribution >= 4 is 44.6 Å². The van der Waals surface area contributed by atoms with Gasteiger partial charge < -0.3 is 8.83 Å². The summed E-state index contributed by atoms with van der Waals surface area (Å²) in [5, 5.41) is 3.13. The van der Waals surface area contributed by atoms with Gasteiger partial charge in [-0.05, 0) is 29.8 Å². The second-order valence-corrected chi connectivity index (χ2v) is 12.3. The molecule has 48 heavy (non-hydrogen) atoms. The van der Waals surface area contributed by atoms with E-state index < -0.39 is 0 Å². The van der Waals surface area contributed by atoms with Gasteiger partial charge in [0, 0.05) is 55.8 Å². The molecule has 8 aromatic rings. The Morgan fingerprint density at radius 3 is 1.75 bits per heavy atom. The van der Waals surface area contributed by atoms with Gasteiger partial charge in [0.15, 0.2) is 17.5 Å². The highest BCUT2D eigenvalue weighted by atomic mass is 16.3. The van der Waals surface area contributed by atoms with Gasteiger partial charge >= 0.3 is 0 Å². The third kappa shape index (κ3) is 4.14. The van der Waals surface area contributed by atoms with E-state index in [0.29, 0.717) is 17.5 Å². The van der Waals surface area contributed by atoms with Crippen LogP contribution in [0.3, 0.4) is 0 Å². The van der Waals surface area contributed by atoms with Crippen LogP contribution in [0.2, 0.25) is 0 Å². The normalized spacial score (nSPS) is 16.7. The van der Waals surface area contributed by atoms with Crippen LogP contribution in [0.1, 0.15) is 22.8 Å². The number of rotatable bonds is 4. The van der Waals surface area contributed by atoms with Crippen molar-refractivity contribution in [1.82, 2.24) is 15.0 Å². The van der Waals surface area contributed by atoms with Crippen molar-refractivity contribution in [2.45, 2.75) is 5.92 Å². The predicted molar refractivity (Wildman–Crippen MR) is 192 cm³/mol. The molecule has 0 saturated heterocycles. The van der Waals surface area contributed by atoms with Gasteiger partial charge in [-0.1, -0.05) is 127 Å². The molecule has 226 valence electrons. The zero-order chi connectivity index (χ0) is 31.6. The molecule has 2 unspecified atom stereocenters. The molecule has 0 spiro atoms. The summed E-state index contributed by atoms with van der Waals surface area (Å²) in [6.45, 7) is 0. The minimum absolute atomic E-state index is 0.0851. The Balaban J connectivity index is 1.24. The average Bonchev–Trinajstić information content (AvgIpc) is 3.74. The maximum atomic E-state index is 6.79. The lowest BCUT2D eigenvalue weighted by Gasteiger charge is -2.30. The van der Waals surface area contributed by atoms with Crippen LogP contribution in [-0.4, -0.2) is 15.0 Å². The van der Waals surface area contributed by atoms with Gasteiger partial charge in [-0.15, -0.1) is 0 Å². The molecule has 2 aliphatic carbocycles. The quantitative estimate of drug-likeness (QED) is 0.197. The molecular weight excluding hydrogens is 590 g/mol. The number of nitrogens with zero attached hydrogens (tertiary/aromatic N) is 3. The van der Waals surface area contributed by atoms with Crippen molar-refractivity contribution in [2.75, 3.05) is 0 Å². The van der Waals surface area contributed by atoms with E-state index in [1.165, 1.54) is 5.57 Å². The number of hydrogen-bond acceptors (Lipinski definition) is 5. The summed E-state index contributed by atoms with van der Waals surface area (Å²) in [6, 6.07) is 41.0. The van der Waals surface area contributed by atoms with E-state index in [2.05, 4.69) is 66.8 Å². The Morgan fingerprint density at radius 2 is 1.04 bits per heavy atom. The van der Waals surface area contributed by atoms with Gasteiger partial charge in [0.2, 0.25) is 0 Å². The summed E-state index contributed by atoms with van der Waals surface area (Å²) in [7, 11) is 0. The topological polar surface area (TPSA) is 65.0 Å². The van der Waals surface area contributed by atoms with Crippen LogP contribution in [0.25, 0.3) is 78.7 Å². The Bertz CT molecular complexity index is 2570. The van der Waals surface area contributed by atoms with Crippen LogP contribution in [0.15, 0.2) is 154 Å². The Labute approximate surface area is 276 Å². The van der Waals surface area contributed by atoms with Crippen molar-refractivity contribution in [3.8, 4) is 34.2 Å².